The van der Waals surface area contributed by atoms with E-state index in [2.05, 4.69) is 18.2 Å². The molecule has 1 aliphatic rings. The Balaban J connectivity index is 1.65. The van der Waals surface area contributed by atoms with E-state index in [0.29, 0.717) is 13.0 Å². The number of aryl methyl sites for hydroxylation is 1. The lowest BCUT2D eigenvalue weighted by atomic mass is 9.97. The summed E-state index contributed by atoms with van der Waals surface area (Å²) < 4.78 is 11.8. The summed E-state index contributed by atoms with van der Waals surface area (Å²) in [5.74, 6) is 1.88. The Morgan fingerprint density at radius 2 is 2.04 bits per heavy atom. The molecule has 2 atom stereocenters. The summed E-state index contributed by atoms with van der Waals surface area (Å²) in [6, 6.07) is 16.2. The fourth-order valence-electron chi connectivity index (χ4n) is 2.73. The van der Waals surface area contributed by atoms with Crippen LogP contribution in [0.2, 0.25) is 0 Å². The molecule has 0 spiro atoms. The Bertz CT molecular complexity index is 630. The Kier molecular flexibility index (Phi) is 5.42. The Labute approximate surface area is 141 Å². The zero-order valence-electron chi connectivity index (χ0n) is 13.0. The average molecular weight is 333 g/mol. The molecule has 1 heterocycles. The summed E-state index contributed by atoms with van der Waals surface area (Å²) in [4.78, 5) is 0. The fourth-order valence-corrected chi connectivity index (χ4v) is 2.89. The van der Waals surface area contributed by atoms with Gasteiger partial charge in [-0.2, -0.15) is 0 Å². The number of fused-ring (bicyclic) bond motifs is 1. The minimum Gasteiger partial charge on any atom is -0.493 e. The van der Waals surface area contributed by atoms with E-state index in [4.69, 9.17) is 21.1 Å². The van der Waals surface area contributed by atoms with E-state index < -0.39 is 6.10 Å². The highest BCUT2D eigenvalue weighted by Gasteiger charge is 2.21. The first-order valence-electron chi connectivity index (χ1n) is 7.97. The van der Waals surface area contributed by atoms with Gasteiger partial charge in [-0.1, -0.05) is 36.4 Å². The van der Waals surface area contributed by atoms with Gasteiger partial charge >= 0.3 is 0 Å². The number of ether oxygens (including phenoxy) is 2. The molecule has 4 heteroatoms. The molecule has 0 aromatic heterocycles. The van der Waals surface area contributed by atoms with Crippen molar-refractivity contribution in [2.45, 2.75) is 31.5 Å². The topological polar surface area (TPSA) is 38.7 Å². The van der Waals surface area contributed by atoms with Crippen LogP contribution in [0.25, 0.3) is 0 Å². The molecule has 0 saturated carbocycles. The van der Waals surface area contributed by atoms with Crippen molar-refractivity contribution in [1.29, 1.82) is 0 Å². The van der Waals surface area contributed by atoms with Crippen LogP contribution in [-0.2, 0) is 6.42 Å². The van der Waals surface area contributed by atoms with Crippen LogP contribution in [0.1, 0.15) is 30.1 Å². The highest BCUT2D eigenvalue weighted by atomic mass is 35.5. The van der Waals surface area contributed by atoms with Crippen molar-refractivity contribution in [2.75, 3.05) is 12.5 Å². The molecule has 3 nitrogen and oxygen atoms in total. The fraction of sp³-hybridized carbons (Fsp3) is 0.368. The number of rotatable bonds is 6. The lowest BCUT2D eigenvalue weighted by Gasteiger charge is -2.27. The van der Waals surface area contributed by atoms with E-state index >= 15 is 0 Å². The smallest absolute Gasteiger partial charge is 0.127 e. The highest BCUT2D eigenvalue weighted by Crippen LogP contribution is 2.36. The van der Waals surface area contributed by atoms with Gasteiger partial charge in [0.05, 0.1) is 12.7 Å². The average Bonchev–Trinajstić information content (AvgIpc) is 2.61. The van der Waals surface area contributed by atoms with Crippen LogP contribution in [-0.4, -0.2) is 23.7 Å². The third-order valence-electron chi connectivity index (χ3n) is 4.05. The lowest BCUT2D eigenvalue weighted by molar-refractivity contribution is 0.156. The summed E-state index contributed by atoms with van der Waals surface area (Å²) in [5.41, 5.74) is 2.42. The van der Waals surface area contributed by atoms with Crippen LogP contribution in [0.3, 0.4) is 0 Å². The quantitative estimate of drug-likeness (QED) is 0.809. The summed E-state index contributed by atoms with van der Waals surface area (Å²) >= 11 is 5.58. The van der Waals surface area contributed by atoms with Crippen LogP contribution in [0, 0.1) is 0 Å². The van der Waals surface area contributed by atoms with Gasteiger partial charge in [0.1, 0.15) is 17.6 Å². The molecule has 1 N–H and O–H groups in total. The SMILES string of the molecule is OC(CCl)CCOc1ccc2c(c1)OC(c1ccccc1)CC2. The van der Waals surface area contributed by atoms with Gasteiger partial charge in [0.15, 0.2) is 0 Å². The van der Waals surface area contributed by atoms with E-state index in [-0.39, 0.29) is 12.0 Å². The third kappa shape index (κ3) is 4.18. The predicted molar refractivity (Wildman–Crippen MR) is 91.4 cm³/mol. The van der Waals surface area contributed by atoms with Gasteiger partial charge in [-0.15, -0.1) is 11.6 Å². The maximum Gasteiger partial charge on any atom is 0.127 e. The number of alkyl halides is 1. The van der Waals surface area contributed by atoms with Gasteiger partial charge in [-0.3, -0.25) is 0 Å². The maximum absolute atomic E-state index is 9.45. The Hall–Kier alpha value is -1.71. The normalized spacial score (nSPS) is 17.9. The molecule has 0 bridgehead atoms. The second-order valence-electron chi connectivity index (χ2n) is 5.77. The molecule has 3 rings (SSSR count). The second kappa shape index (κ2) is 7.71. The molecular formula is C19H21ClO3. The molecule has 1 aliphatic heterocycles. The minimum atomic E-state index is -0.520. The molecule has 0 amide bonds. The number of aliphatic hydroxyl groups excluding tert-OH is 1. The zero-order chi connectivity index (χ0) is 16.1. The van der Waals surface area contributed by atoms with E-state index in [9.17, 15) is 5.11 Å². The minimum absolute atomic E-state index is 0.0945. The van der Waals surface area contributed by atoms with E-state index in [0.717, 1.165) is 24.3 Å². The van der Waals surface area contributed by atoms with Crippen molar-refractivity contribution in [2.24, 2.45) is 0 Å². The number of halogens is 1. The van der Waals surface area contributed by atoms with Crippen molar-refractivity contribution in [3.05, 3.63) is 59.7 Å². The van der Waals surface area contributed by atoms with Crippen LogP contribution >= 0.6 is 11.6 Å². The molecule has 2 unspecified atom stereocenters. The summed E-state index contributed by atoms with van der Waals surface area (Å²) in [7, 11) is 0. The predicted octanol–water partition coefficient (Wildman–Crippen LogP) is 4.12. The second-order valence-corrected chi connectivity index (χ2v) is 6.08. The standard InChI is InChI=1S/C19H21ClO3/c20-13-16(21)10-11-22-17-8-6-15-7-9-18(23-19(15)12-17)14-4-2-1-3-5-14/h1-6,8,12,16,18,21H,7,9-11,13H2. The largest absolute Gasteiger partial charge is 0.493 e. The highest BCUT2D eigenvalue weighted by molar-refractivity contribution is 6.18. The van der Waals surface area contributed by atoms with Crippen LogP contribution in [0.15, 0.2) is 48.5 Å². The number of hydrogen-bond acceptors (Lipinski definition) is 3. The van der Waals surface area contributed by atoms with Crippen molar-refractivity contribution in [3.8, 4) is 11.5 Å². The molecule has 0 saturated heterocycles. The Morgan fingerprint density at radius 3 is 2.83 bits per heavy atom. The lowest BCUT2D eigenvalue weighted by Crippen LogP contribution is -2.15. The first kappa shape index (κ1) is 16.2. The Morgan fingerprint density at radius 1 is 1.22 bits per heavy atom. The summed E-state index contributed by atoms with van der Waals surface area (Å²) in [6.45, 7) is 0.439. The zero-order valence-corrected chi connectivity index (χ0v) is 13.7. The van der Waals surface area contributed by atoms with Crippen LogP contribution in [0.5, 0.6) is 11.5 Å². The van der Waals surface area contributed by atoms with Gasteiger partial charge in [0, 0.05) is 18.4 Å². The van der Waals surface area contributed by atoms with Gasteiger partial charge in [0.2, 0.25) is 0 Å². The molecular weight excluding hydrogens is 312 g/mol. The van der Waals surface area contributed by atoms with Crippen LogP contribution < -0.4 is 9.47 Å². The number of benzene rings is 2. The van der Waals surface area contributed by atoms with E-state index in [1.54, 1.807) is 0 Å². The summed E-state index contributed by atoms with van der Waals surface area (Å²) in [5, 5.41) is 9.45. The van der Waals surface area contributed by atoms with Gasteiger partial charge < -0.3 is 14.6 Å². The molecule has 122 valence electrons. The number of hydrogen-bond donors (Lipinski definition) is 1. The van der Waals surface area contributed by atoms with Crippen molar-refractivity contribution in [1.82, 2.24) is 0 Å². The first-order valence-corrected chi connectivity index (χ1v) is 8.51. The molecule has 0 radical (unpaired) electrons. The molecule has 2 aromatic carbocycles. The molecule has 23 heavy (non-hydrogen) atoms. The van der Waals surface area contributed by atoms with E-state index in [1.807, 2.05) is 30.3 Å². The van der Waals surface area contributed by atoms with Crippen molar-refractivity contribution in [3.63, 3.8) is 0 Å². The molecule has 2 aromatic rings. The first-order chi connectivity index (χ1) is 11.3. The molecule has 0 aliphatic carbocycles. The van der Waals surface area contributed by atoms with Gasteiger partial charge in [-0.05, 0) is 30.0 Å². The maximum atomic E-state index is 9.45. The number of aliphatic hydroxyl groups is 1. The van der Waals surface area contributed by atoms with Crippen LogP contribution in [0.4, 0.5) is 0 Å². The van der Waals surface area contributed by atoms with Crippen molar-refractivity contribution >= 4 is 11.6 Å². The molecule has 0 fully saturated rings. The van der Waals surface area contributed by atoms with Crippen molar-refractivity contribution < 1.29 is 14.6 Å². The van der Waals surface area contributed by atoms with E-state index in [1.165, 1.54) is 11.1 Å². The van der Waals surface area contributed by atoms with Gasteiger partial charge in [-0.25, -0.2) is 0 Å². The van der Waals surface area contributed by atoms with Gasteiger partial charge in [0.25, 0.3) is 0 Å². The summed E-state index contributed by atoms with van der Waals surface area (Å²) in [6.07, 6.45) is 2.08. The monoisotopic (exact) mass is 332 g/mol. The third-order valence-corrected chi connectivity index (χ3v) is 4.41.